The second-order valence-electron chi connectivity index (χ2n) is 5.87. The van der Waals surface area contributed by atoms with Crippen molar-refractivity contribution in [2.75, 3.05) is 19.6 Å². The van der Waals surface area contributed by atoms with Crippen LogP contribution in [0.25, 0.3) is 0 Å². The molecule has 20 heavy (non-hydrogen) atoms. The maximum Gasteiger partial charge on any atom is 0.0863 e. The van der Waals surface area contributed by atoms with Crippen LogP contribution in [0.1, 0.15) is 38.6 Å². The Labute approximate surface area is 127 Å². The molecule has 0 spiro atoms. The fourth-order valence-corrected chi connectivity index (χ4v) is 3.21. The maximum absolute atomic E-state index is 6.45. The molecule has 0 saturated carbocycles. The van der Waals surface area contributed by atoms with Gasteiger partial charge in [-0.2, -0.15) is 5.10 Å². The monoisotopic (exact) mass is 298 g/mol. The summed E-state index contributed by atoms with van der Waals surface area (Å²) < 4.78 is 1.95. The second-order valence-corrected chi connectivity index (χ2v) is 6.24. The third kappa shape index (κ3) is 3.35. The van der Waals surface area contributed by atoms with Gasteiger partial charge in [-0.3, -0.25) is 9.58 Å². The Hall–Kier alpha value is -0.580. The van der Waals surface area contributed by atoms with Crippen molar-refractivity contribution >= 4 is 11.6 Å². The van der Waals surface area contributed by atoms with E-state index in [1.165, 1.54) is 6.42 Å². The van der Waals surface area contributed by atoms with Gasteiger partial charge < -0.3 is 5.32 Å². The number of hydrogen-bond donors (Lipinski definition) is 1. The lowest BCUT2D eigenvalue weighted by atomic mass is 9.97. The number of hydrogen-bond acceptors (Lipinski definition) is 3. The first-order valence-electron chi connectivity index (χ1n) is 7.72. The minimum absolute atomic E-state index is 0.589. The highest BCUT2D eigenvalue weighted by atomic mass is 35.5. The van der Waals surface area contributed by atoms with Crippen molar-refractivity contribution in [3.05, 3.63) is 16.4 Å². The van der Waals surface area contributed by atoms with Crippen LogP contribution < -0.4 is 5.32 Å². The molecule has 2 rings (SSSR count). The topological polar surface area (TPSA) is 33.1 Å². The highest BCUT2D eigenvalue weighted by molar-refractivity contribution is 6.31. The molecule has 5 heteroatoms. The van der Waals surface area contributed by atoms with Crippen molar-refractivity contribution in [1.82, 2.24) is 20.0 Å². The van der Waals surface area contributed by atoms with Gasteiger partial charge in [0.15, 0.2) is 0 Å². The van der Waals surface area contributed by atoms with Crippen LogP contribution in [0.3, 0.4) is 0 Å². The van der Waals surface area contributed by atoms with E-state index in [-0.39, 0.29) is 0 Å². The number of nitrogens with zero attached hydrogens (tertiary/aromatic N) is 3. The number of aryl methyl sites for hydroxylation is 2. The standard InChI is InChI=1S/C15H27ClN4/c1-5-11(3)13-9-20(8-7-17-13)10-14-15(16)12(6-2)18-19(14)4/h11,13,17H,5-10H2,1-4H3. The third-order valence-electron chi connectivity index (χ3n) is 4.50. The van der Waals surface area contributed by atoms with Gasteiger partial charge in [0.1, 0.15) is 0 Å². The van der Waals surface area contributed by atoms with Crippen LogP contribution in [-0.2, 0) is 20.0 Å². The van der Waals surface area contributed by atoms with E-state index in [1.807, 2.05) is 11.7 Å². The molecule has 0 aliphatic carbocycles. The quantitative estimate of drug-likeness (QED) is 0.906. The molecule has 0 amide bonds. The van der Waals surface area contributed by atoms with Crippen LogP contribution in [0.5, 0.6) is 0 Å². The summed E-state index contributed by atoms with van der Waals surface area (Å²) in [6.07, 6.45) is 2.11. The molecule has 2 unspecified atom stereocenters. The van der Waals surface area contributed by atoms with Gasteiger partial charge in [-0.1, -0.05) is 38.8 Å². The Kier molecular flexibility index (Phi) is 5.47. The highest BCUT2D eigenvalue weighted by Crippen LogP contribution is 2.23. The molecule has 0 radical (unpaired) electrons. The minimum atomic E-state index is 0.589. The molecular weight excluding hydrogens is 272 g/mol. The van der Waals surface area contributed by atoms with Crippen LogP contribution in [-0.4, -0.2) is 40.4 Å². The van der Waals surface area contributed by atoms with Gasteiger partial charge in [0, 0.05) is 39.3 Å². The van der Waals surface area contributed by atoms with E-state index in [0.717, 1.165) is 49.0 Å². The van der Waals surface area contributed by atoms with Gasteiger partial charge in [0.25, 0.3) is 0 Å². The van der Waals surface area contributed by atoms with E-state index in [4.69, 9.17) is 11.6 Å². The van der Waals surface area contributed by atoms with E-state index in [2.05, 4.69) is 36.1 Å². The zero-order valence-corrected chi connectivity index (χ0v) is 13.9. The fourth-order valence-electron chi connectivity index (χ4n) is 2.85. The molecule has 0 bridgehead atoms. The largest absolute Gasteiger partial charge is 0.311 e. The lowest BCUT2D eigenvalue weighted by molar-refractivity contribution is 0.159. The number of halogens is 1. The van der Waals surface area contributed by atoms with Crippen molar-refractivity contribution in [2.45, 2.75) is 46.2 Å². The van der Waals surface area contributed by atoms with E-state index >= 15 is 0 Å². The molecular formula is C15H27ClN4. The van der Waals surface area contributed by atoms with Gasteiger partial charge in [-0.05, 0) is 12.3 Å². The molecule has 1 aromatic rings. The molecule has 2 heterocycles. The van der Waals surface area contributed by atoms with Crippen molar-refractivity contribution in [1.29, 1.82) is 0 Å². The highest BCUT2D eigenvalue weighted by Gasteiger charge is 2.25. The first kappa shape index (κ1) is 15.8. The molecule has 114 valence electrons. The molecule has 2 atom stereocenters. The summed E-state index contributed by atoms with van der Waals surface area (Å²) in [5, 5.41) is 9.00. The van der Waals surface area contributed by atoms with Gasteiger partial charge in [0.2, 0.25) is 0 Å². The average Bonchev–Trinajstić information content (AvgIpc) is 2.74. The maximum atomic E-state index is 6.45. The number of rotatable bonds is 5. The molecule has 1 saturated heterocycles. The van der Waals surface area contributed by atoms with Crippen LogP contribution in [0.4, 0.5) is 0 Å². The van der Waals surface area contributed by atoms with Crippen LogP contribution in [0.2, 0.25) is 5.02 Å². The second kappa shape index (κ2) is 6.92. The predicted octanol–water partition coefficient (Wildman–Crippen LogP) is 2.46. The summed E-state index contributed by atoms with van der Waals surface area (Å²) in [5.41, 5.74) is 2.16. The molecule has 1 fully saturated rings. The molecule has 1 aromatic heterocycles. The summed E-state index contributed by atoms with van der Waals surface area (Å²) in [5.74, 6) is 0.714. The van der Waals surface area contributed by atoms with Gasteiger partial charge in [-0.15, -0.1) is 0 Å². The average molecular weight is 299 g/mol. The van der Waals surface area contributed by atoms with E-state index in [1.54, 1.807) is 0 Å². The van der Waals surface area contributed by atoms with Crippen molar-refractivity contribution in [3.8, 4) is 0 Å². The van der Waals surface area contributed by atoms with Crippen molar-refractivity contribution in [3.63, 3.8) is 0 Å². The normalized spacial score (nSPS) is 22.1. The van der Waals surface area contributed by atoms with Crippen molar-refractivity contribution in [2.24, 2.45) is 13.0 Å². The Morgan fingerprint density at radius 1 is 1.45 bits per heavy atom. The van der Waals surface area contributed by atoms with E-state index in [0.29, 0.717) is 12.0 Å². The van der Waals surface area contributed by atoms with Crippen LogP contribution in [0.15, 0.2) is 0 Å². The third-order valence-corrected chi connectivity index (χ3v) is 4.93. The molecule has 4 nitrogen and oxygen atoms in total. The summed E-state index contributed by atoms with van der Waals surface area (Å²) in [6, 6.07) is 0.589. The zero-order valence-electron chi connectivity index (χ0n) is 13.1. The SMILES string of the molecule is CCc1nn(C)c(CN2CCNC(C(C)CC)C2)c1Cl. The van der Waals surface area contributed by atoms with Crippen LogP contribution in [0, 0.1) is 5.92 Å². The Balaban J connectivity index is 2.04. The fraction of sp³-hybridized carbons (Fsp3) is 0.800. The predicted molar refractivity (Wildman–Crippen MR) is 84.1 cm³/mol. The first-order valence-corrected chi connectivity index (χ1v) is 8.10. The zero-order chi connectivity index (χ0) is 14.7. The van der Waals surface area contributed by atoms with Crippen molar-refractivity contribution < 1.29 is 0 Å². The van der Waals surface area contributed by atoms with Gasteiger partial charge >= 0.3 is 0 Å². The summed E-state index contributed by atoms with van der Waals surface area (Å²) in [4.78, 5) is 2.50. The summed E-state index contributed by atoms with van der Waals surface area (Å²) >= 11 is 6.45. The van der Waals surface area contributed by atoms with E-state index in [9.17, 15) is 0 Å². The van der Waals surface area contributed by atoms with Gasteiger partial charge in [0.05, 0.1) is 16.4 Å². The van der Waals surface area contributed by atoms with Crippen LogP contribution >= 0.6 is 11.6 Å². The first-order chi connectivity index (χ1) is 9.56. The Morgan fingerprint density at radius 2 is 2.20 bits per heavy atom. The lowest BCUT2D eigenvalue weighted by Gasteiger charge is -2.36. The molecule has 1 aliphatic heterocycles. The number of aromatic nitrogens is 2. The number of piperazine rings is 1. The minimum Gasteiger partial charge on any atom is -0.311 e. The Morgan fingerprint density at radius 3 is 2.80 bits per heavy atom. The number of nitrogens with one attached hydrogen (secondary N) is 1. The Bertz CT molecular complexity index is 443. The lowest BCUT2D eigenvalue weighted by Crippen LogP contribution is -2.52. The molecule has 1 aliphatic rings. The smallest absolute Gasteiger partial charge is 0.0863 e. The summed E-state index contributed by atoms with van der Waals surface area (Å²) in [6.45, 7) is 10.8. The van der Waals surface area contributed by atoms with Gasteiger partial charge in [-0.25, -0.2) is 0 Å². The summed E-state index contributed by atoms with van der Waals surface area (Å²) in [7, 11) is 1.99. The van der Waals surface area contributed by atoms with E-state index < -0.39 is 0 Å². The molecule has 0 aromatic carbocycles. The molecule has 1 N–H and O–H groups in total.